The Labute approximate surface area is 211 Å². The van der Waals surface area contributed by atoms with Gasteiger partial charge in [0.05, 0.1) is 12.7 Å². The van der Waals surface area contributed by atoms with Crippen LogP contribution in [0.1, 0.15) is 53.0 Å². The van der Waals surface area contributed by atoms with Crippen molar-refractivity contribution in [1.29, 1.82) is 5.26 Å². The first-order valence-corrected chi connectivity index (χ1v) is 11.9. The molecule has 0 aliphatic carbocycles. The average Bonchev–Trinajstić information content (AvgIpc) is 2.78. The van der Waals surface area contributed by atoms with Gasteiger partial charge in [0.15, 0.2) is 5.41 Å². The molecule has 0 aromatic heterocycles. The van der Waals surface area contributed by atoms with Crippen molar-refractivity contribution in [3.05, 3.63) is 58.9 Å². The van der Waals surface area contributed by atoms with Gasteiger partial charge in [-0.1, -0.05) is 42.8 Å². The largest absolute Gasteiger partial charge is 0.465 e. The maximum atomic E-state index is 14.3. The first-order chi connectivity index (χ1) is 16.4. The number of hydrogen-bond donors (Lipinski definition) is 1. The van der Waals surface area contributed by atoms with E-state index in [-0.39, 0.29) is 25.3 Å². The number of carbonyl (C=O) groups excluding carboxylic acids is 2. The number of nitrogens with one attached hydrogen (secondary N) is 1. The van der Waals surface area contributed by atoms with Gasteiger partial charge >= 0.3 is 12.1 Å². The Bertz CT molecular complexity index is 1080. The van der Waals surface area contributed by atoms with Gasteiger partial charge in [0, 0.05) is 16.6 Å². The molecular formula is C27H32ClFN2O4. The third-order valence-corrected chi connectivity index (χ3v) is 5.71. The molecule has 1 amide bonds. The van der Waals surface area contributed by atoms with E-state index in [1.54, 1.807) is 52.8 Å². The molecule has 1 unspecified atom stereocenters. The lowest BCUT2D eigenvalue weighted by Crippen LogP contribution is -2.45. The number of amides is 1. The van der Waals surface area contributed by atoms with Crippen LogP contribution in [0.3, 0.4) is 0 Å². The fraction of sp³-hybridized carbons (Fsp3) is 0.444. The molecule has 2 atom stereocenters. The van der Waals surface area contributed by atoms with Gasteiger partial charge in [-0.15, -0.1) is 0 Å². The van der Waals surface area contributed by atoms with E-state index in [0.29, 0.717) is 22.6 Å². The molecule has 0 spiro atoms. The van der Waals surface area contributed by atoms with Crippen LogP contribution in [-0.4, -0.2) is 30.3 Å². The lowest BCUT2D eigenvalue weighted by Gasteiger charge is -2.29. The van der Waals surface area contributed by atoms with E-state index < -0.39 is 29.1 Å². The standard InChI is InChI=1S/C27H32ClFN2O4/c1-6-27(17-30,24(32)34-7-2)16-21(31-25(33)35-26(3,4)5)14-18-8-10-19(11-9-18)22-15-20(28)12-13-23(22)29/h8-13,15,21H,6-7,14,16H2,1-5H3,(H,31,33)/t21-,27?/m1/s1. The topological polar surface area (TPSA) is 88.4 Å². The number of benzene rings is 2. The molecular weight excluding hydrogens is 471 g/mol. The Morgan fingerprint density at radius 3 is 2.34 bits per heavy atom. The van der Waals surface area contributed by atoms with E-state index in [9.17, 15) is 19.2 Å². The summed E-state index contributed by atoms with van der Waals surface area (Å²) >= 11 is 6.02. The summed E-state index contributed by atoms with van der Waals surface area (Å²) in [7, 11) is 0. The van der Waals surface area contributed by atoms with E-state index in [4.69, 9.17) is 21.1 Å². The van der Waals surface area contributed by atoms with Crippen molar-refractivity contribution in [3.63, 3.8) is 0 Å². The molecule has 0 aliphatic rings. The minimum atomic E-state index is -1.42. The zero-order valence-corrected chi connectivity index (χ0v) is 21.5. The van der Waals surface area contributed by atoms with Gasteiger partial charge in [-0.2, -0.15) is 5.26 Å². The number of halogens is 2. The monoisotopic (exact) mass is 502 g/mol. The van der Waals surface area contributed by atoms with Gasteiger partial charge in [0.2, 0.25) is 0 Å². The van der Waals surface area contributed by atoms with Crippen LogP contribution >= 0.6 is 11.6 Å². The van der Waals surface area contributed by atoms with Gasteiger partial charge in [0.1, 0.15) is 11.4 Å². The summed E-state index contributed by atoms with van der Waals surface area (Å²) in [6.07, 6.45) is -0.0581. The molecule has 0 heterocycles. The highest BCUT2D eigenvalue weighted by Crippen LogP contribution is 2.31. The number of carbonyl (C=O) groups is 2. The van der Waals surface area contributed by atoms with Crippen molar-refractivity contribution < 1.29 is 23.5 Å². The fourth-order valence-electron chi connectivity index (χ4n) is 3.70. The van der Waals surface area contributed by atoms with E-state index in [1.165, 1.54) is 12.1 Å². The van der Waals surface area contributed by atoms with Crippen molar-refractivity contribution in [2.24, 2.45) is 5.41 Å². The van der Waals surface area contributed by atoms with E-state index >= 15 is 0 Å². The third-order valence-electron chi connectivity index (χ3n) is 5.47. The van der Waals surface area contributed by atoms with Crippen LogP contribution in [0.25, 0.3) is 11.1 Å². The Morgan fingerprint density at radius 1 is 1.14 bits per heavy atom. The van der Waals surface area contributed by atoms with Crippen molar-refractivity contribution in [2.75, 3.05) is 6.61 Å². The first kappa shape index (κ1) is 28.1. The number of ether oxygens (including phenoxy) is 2. The number of nitriles is 1. The molecule has 0 saturated carbocycles. The molecule has 0 radical (unpaired) electrons. The molecule has 2 aromatic carbocycles. The highest BCUT2D eigenvalue weighted by Gasteiger charge is 2.41. The van der Waals surface area contributed by atoms with Gasteiger partial charge in [-0.3, -0.25) is 4.79 Å². The van der Waals surface area contributed by atoms with Crippen molar-refractivity contribution in [2.45, 2.75) is 65.5 Å². The van der Waals surface area contributed by atoms with Gasteiger partial charge < -0.3 is 14.8 Å². The molecule has 188 valence electrons. The van der Waals surface area contributed by atoms with Gasteiger partial charge in [0.25, 0.3) is 0 Å². The Morgan fingerprint density at radius 2 is 1.80 bits per heavy atom. The average molecular weight is 503 g/mol. The number of alkyl carbamates (subject to hydrolysis) is 1. The minimum Gasteiger partial charge on any atom is -0.465 e. The van der Waals surface area contributed by atoms with Crippen LogP contribution in [0, 0.1) is 22.6 Å². The van der Waals surface area contributed by atoms with Crippen LogP contribution in [0.2, 0.25) is 5.02 Å². The zero-order chi connectivity index (χ0) is 26.2. The van der Waals surface area contributed by atoms with E-state index in [2.05, 4.69) is 11.4 Å². The molecule has 0 fully saturated rings. The summed E-state index contributed by atoms with van der Waals surface area (Å²) in [6, 6.07) is 13.0. The van der Waals surface area contributed by atoms with Crippen LogP contribution in [0.15, 0.2) is 42.5 Å². The quantitative estimate of drug-likeness (QED) is 0.398. The predicted molar refractivity (Wildman–Crippen MR) is 133 cm³/mol. The second-order valence-corrected chi connectivity index (χ2v) is 9.78. The van der Waals surface area contributed by atoms with Crippen LogP contribution in [0.5, 0.6) is 0 Å². The molecule has 0 saturated heterocycles. The summed E-state index contributed by atoms with van der Waals surface area (Å²) < 4.78 is 24.8. The molecule has 1 N–H and O–H groups in total. The third kappa shape index (κ3) is 7.97. The van der Waals surface area contributed by atoms with Gasteiger partial charge in [-0.05, 0) is 76.3 Å². The summed E-state index contributed by atoms with van der Waals surface area (Å²) in [5.74, 6) is -1.00. The smallest absolute Gasteiger partial charge is 0.407 e. The Kier molecular flexibility index (Phi) is 9.67. The second-order valence-electron chi connectivity index (χ2n) is 9.34. The maximum absolute atomic E-state index is 14.3. The summed E-state index contributed by atoms with van der Waals surface area (Å²) in [5.41, 5.74) is -0.278. The predicted octanol–water partition coefficient (Wildman–Crippen LogP) is 6.46. The highest BCUT2D eigenvalue weighted by molar-refractivity contribution is 6.30. The normalized spacial score (nSPS) is 13.8. The molecule has 6 nitrogen and oxygen atoms in total. The Hall–Kier alpha value is -3.11. The summed E-state index contributed by atoms with van der Waals surface area (Å²) in [4.78, 5) is 25.2. The molecule has 2 aromatic rings. The number of esters is 1. The molecule has 0 aliphatic heterocycles. The van der Waals surface area contributed by atoms with Crippen LogP contribution in [0.4, 0.5) is 9.18 Å². The van der Waals surface area contributed by atoms with Gasteiger partial charge in [-0.25, -0.2) is 9.18 Å². The molecule has 0 bridgehead atoms. The molecule has 2 rings (SSSR count). The van der Waals surface area contributed by atoms with Crippen molar-refractivity contribution in [3.8, 4) is 17.2 Å². The van der Waals surface area contributed by atoms with Crippen molar-refractivity contribution >= 4 is 23.7 Å². The lowest BCUT2D eigenvalue weighted by molar-refractivity contribution is -0.152. The molecule has 8 heteroatoms. The lowest BCUT2D eigenvalue weighted by atomic mass is 9.79. The van der Waals surface area contributed by atoms with E-state index in [1.807, 2.05) is 12.1 Å². The fourth-order valence-corrected chi connectivity index (χ4v) is 3.88. The zero-order valence-electron chi connectivity index (χ0n) is 20.8. The summed E-state index contributed by atoms with van der Waals surface area (Å²) in [6.45, 7) is 8.81. The van der Waals surface area contributed by atoms with Crippen LogP contribution < -0.4 is 5.32 Å². The number of nitrogens with zero attached hydrogens (tertiary/aromatic N) is 1. The van der Waals surface area contributed by atoms with E-state index in [0.717, 1.165) is 5.56 Å². The first-order valence-electron chi connectivity index (χ1n) is 11.6. The maximum Gasteiger partial charge on any atom is 0.407 e. The van der Waals surface area contributed by atoms with Crippen molar-refractivity contribution in [1.82, 2.24) is 5.32 Å². The number of hydrogen-bond acceptors (Lipinski definition) is 5. The van der Waals surface area contributed by atoms with Crippen LogP contribution in [-0.2, 0) is 20.7 Å². The summed E-state index contributed by atoms with van der Waals surface area (Å²) in [5, 5.41) is 13.1. The molecule has 35 heavy (non-hydrogen) atoms. The SMILES string of the molecule is CCOC(=O)C(C#N)(CC)C[C@@H](Cc1ccc(-c2cc(Cl)ccc2F)cc1)NC(=O)OC(C)(C)C. The number of rotatable bonds is 9. The highest BCUT2D eigenvalue weighted by atomic mass is 35.5. The Balaban J connectivity index is 2.32. The second kappa shape index (κ2) is 12.0. The minimum absolute atomic E-state index is 0.0444.